The molecule has 1 fully saturated rings. The van der Waals surface area contributed by atoms with Crippen molar-refractivity contribution >= 4 is 17.5 Å². The number of hydrogen-bond donors (Lipinski definition) is 1. The van der Waals surface area contributed by atoms with Gasteiger partial charge in [0, 0.05) is 12.7 Å². The van der Waals surface area contributed by atoms with Crippen molar-refractivity contribution in [3.8, 4) is 0 Å². The molecular weight excluding hydrogens is 228 g/mol. The van der Waals surface area contributed by atoms with Crippen LogP contribution in [0.1, 0.15) is 23.2 Å². The van der Waals surface area contributed by atoms with Crippen LogP contribution >= 0.6 is 11.6 Å². The Hall–Kier alpha value is -1.13. The number of aromatic nitrogens is 1. The Labute approximate surface area is 98.9 Å². The van der Waals surface area contributed by atoms with Gasteiger partial charge in [-0.3, -0.25) is 4.79 Å². The minimum absolute atomic E-state index is 0.0206. The van der Waals surface area contributed by atoms with Gasteiger partial charge in [-0.15, -0.1) is 0 Å². The molecular formula is C11H13ClN2O2. The maximum atomic E-state index is 12.1. The molecule has 1 N–H and O–H groups in total. The largest absolute Gasteiger partial charge is 0.394 e. The number of rotatable bonds is 2. The molecule has 1 amide bonds. The number of carbonyl (C=O) groups excluding carboxylic acids is 1. The Bertz CT molecular complexity index is 380. The number of likely N-dealkylation sites (tertiary alicyclic amines) is 1. The maximum absolute atomic E-state index is 12.1. The summed E-state index contributed by atoms with van der Waals surface area (Å²) in [6.45, 7) is 0.722. The number of hydrogen-bond acceptors (Lipinski definition) is 3. The van der Waals surface area contributed by atoms with Crippen LogP contribution in [0.2, 0.25) is 5.15 Å². The van der Waals surface area contributed by atoms with E-state index in [2.05, 4.69) is 4.98 Å². The Morgan fingerprint density at radius 1 is 1.62 bits per heavy atom. The second-order valence-electron chi connectivity index (χ2n) is 3.85. The average molecular weight is 241 g/mol. The van der Waals surface area contributed by atoms with Gasteiger partial charge in [0.15, 0.2) is 0 Å². The molecule has 0 aromatic carbocycles. The van der Waals surface area contributed by atoms with Crippen molar-refractivity contribution in [3.05, 3.63) is 29.0 Å². The lowest BCUT2D eigenvalue weighted by atomic mass is 10.2. The number of carbonyl (C=O) groups is 1. The number of aliphatic hydroxyl groups excluding tert-OH is 1. The van der Waals surface area contributed by atoms with Gasteiger partial charge < -0.3 is 10.0 Å². The molecule has 86 valence electrons. The minimum atomic E-state index is -0.0827. The van der Waals surface area contributed by atoms with Crippen LogP contribution in [0.3, 0.4) is 0 Å². The van der Waals surface area contributed by atoms with Crippen LogP contribution in [0.25, 0.3) is 0 Å². The number of nitrogens with zero attached hydrogens (tertiary/aromatic N) is 2. The quantitative estimate of drug-likeness (QED) is 0.794. The number of pyridine rings is 1. The van der Waals surface area contributed by atoms with E-state index in [4.69, 9.17) is 16.7 Å². The molecule has 0 unspecified atom stereocenters. The molecule has 1 aromatic rings. The molecule has 5 heteroatoms. The lowest BCUT2D eigenvalue weighted by Gasteiger charge is -2.22. The zero-order valence-electron chi connectivity index (χ0n) is 8.77. The first-order valence-corrected chi connectivity index (χ1v) is 5.63. The third kappa shape index (κ3) is 2.18. The van der Waals surface area contributed by atoms with Crippen LogP contribution in [0.15, 0.2) is 18.3 Å². The minimum Gasteiger partial charge on any atom is -0.394 e. The summed E-state index contributed by atoms with van der Waals surface area (Å²) in [4.78, 5) is 17.6. The molecule has 0 spiro atoms. The van der Waals surface area contributed by atoms with E-state index in [-0.39, 0.29) is 18.6 Å². The molecule has 0 aliphatic carbocycles. The Morgan fingerprint density at radius 3 is 3.06 bits per heavy atom. The maximum Gasteiger partial charge on any atom is 0.255 e. The molecule has 1 aromatic heterocycles. The molecule has 1 atom stereocenters. The topological polar surface area (TPSA) is 53.4 Å². The lowest BCUT2D eigenvalue weighted by Crippen LogP contribution is -2.37. The second kappa shape index (κ2) is 4.80. The van der Waals surface area contributed by atoms with Crippen molar-refractivity contribution < 1.29 is 9.90 Å². The molecule has 1 saturated heterocycles. The first-order valence-electron chi connectivity index (χ1n) is 5.26. The van der Waals surface area contributed by atoms with E-state index >= 15 is 0 Å². The molecule has 16 heavy (non-hydrogen) atoms. The third-order valence-corrected chi connectivity index (χ3v) is 3.05. The van der Waals surface area contributed by atoms with Crippen LogP contribution in [0.5, 0.6) is 0 Å². The van der Waals surface area contributed by atoms with Gasteiger partial charge in [0.05, 0.1) is 18.2 Å². The monoisotopic (exact) mass is 240 g/mol. The Kier molecular flexibility index (Phi) is 3.41. The van der Waals surface area contributed by atoms with Gasteiger partial charge >= 0.3 is 0 Å². The predicted octanol–water partition coefficient (Wildman–Crippen LogP) is 1.33. The van der Waals surface area contributed by atoms with Crippen LogP contribution in [0.4, 0.5) is 0 Å². The highest BCUT2D eigenvalue weighted by Gasteiger charge is 2.28. The van der Waals surface area contributed by atoms with Gasteiger partial charge in [0.2, 0.25) is 0 Å². The summed E-state index contributed by atoms with van der Waals surface area (Å²) in [6, 6.07) is 3.20. The summed E-state index contributed by atoms with van der Waals surface area (Å²) in [7, 11) is 0. The number of amides is 1. The Morgan fingerprint density at radius 2 is 2.44 bits per heavy atom. The van der Waals surface area contributed by atoms with Gasteiger partial charge in [-0.2, -0.15) is 0 Å². The molecule has 0 saturated carbocycles. The van der Waals surface area contributed by atoms with Gasteiger partial charge in [0.1, 0.15) is 5.15 Å². The van der Waals surface area contributed by atoms with Crippen LogP contribution in [-0.2, 0) is 0 Å². The predicted molar refractivity (Wildman–Crippen MR) is 60.4 cm³/mol. The molecule has 1 aliphatic rings. The van der Waals surface area contributed by atoms with E-state index in [0.717, 1.165) is 12.8 Å². The summed E-state index contributed by atoms with van der Waals surface area (Å²) in [5, 5.41) is 9.52. The van der Waals surface area contributed by atoms with Crippen molar-refractivity contribution in [1.82, 2.24) is 9.88 Å². The molecule has 2 rings (SSSR count). The van der Waals surface area contributed by atoms with E-state index in [1.165, 1.54) is 6.20 Å². The first kappa shape index (κ1) is 11.4. The number of halogens is 1. The fourth-order valence-corrected chi connectivity index (χ4v) is 2.07. The fraction of sp³-hybridized carbons (Fsp3) is 0.455. The van der Waals surface area contributed by atoms with Crippen LogP contribution < -0.4 is 0 Å². The van der Waals surface area contributed by atoms with Gasteiger partial charge in [-0.1, -0.05) is 11.6 Å². The van der Waals surface area contributed by atoms with E-state index < -0.39 is 0 Å². The van der Waals surface area contributed by atoms with E-state index in [1.807, 2.05) is 0 Å². The summed E-state index contributed by atoms with van der Waals surface area (Å²) >= 11 is 5.66. The van der Waals surface area contributed by atoms with Crippen molar-refractivity contribution in [3.63, 3.8) is 0 Å². The normalized spacial score (nSPS) is 20.1. The highest BCUT2D eigenvalue weighted by Crippen LogP contribution is 2.19. The summed E-state index contributed by atoms with van der Waals surface area (Å²) in [5.74, 6) is -0.0827. The highest BCUT2D eigenvalue weighted by molar-refractivity contribution is 6.29. The van der Waals surface area contributed by atoms with Crippen LogP contribution in [0, 0.1) is 0 Å². The van der Waals surface area contributed by atoms with Crippen molar-refractivity contribution in [2.45, 2.75) is 18.9 Å². The SMILES string of the molecule is O=C(c1ccc(Cl)nc1)N1CCC[C@@H]1CO. The summed E-state index contributed by atoms with van der Waals surface area (Å²) < 4.78 is 0. The van der Waals surface area contributed by atoms with Crippen molar-refractivity contribution in [2.24, 2.45) is 0 Å². The standard InChI is InChI=1S/C11H13ClN2O2/c12-10-4-3-8(6-13-10)11(16)14-5-1-2-9(14)7-15/h3-4,6,9,15H,1-2,5,7H2/t9-/m1/s1. The van der Waals surface area contributed by atoms with E-state index in [9.17, 15) is 4.79 Å². The highest BCUT2D eigenvalue weighted by atomic mass is 35.5. The summed E-state index contributed by atoms with van der Waals surface area (Å²) in [5.41, 5.74) is 0.518. The van der Waals surface area contributed by atoms with Crippen LogP contribution in [-0.4, -0.2) is 40.1 Å². The zero-order valence-corrected chi connectivity index (χ0v) is 9.52. The smallest absolute Gasteiger partial charge is 0.255 e. The molecule has 2 heterocycles. The van der Waals surface area contributed by atoms with Crippen molar-refractivity contribution in [2.75, 3.05) is 13.2 Å². The summed E-state index contributed by atoms with van der Waals surface area (Å²) in [6.07, 6.45) is 3.28. The number of aliphatic hydroxyl groups is 1. The second-order valence-corrected chi connectivity index (χ2v) is 4.23. The van der Waals surface area contributed by atoms with E-state index in [0.29, 0.717) is 17.3 Å². The average Bonchev–Trinajstić information content (AvgIpc) is 2.77. The molecule has 1 aliphatic heterocycles. The molecule has 4 nitrogen and oxygen atoms in total. The first-order chi connectivity index (χ1) is 7.72. The molecule has 0 radical (unpaired) electrons. The van der Waals surface area contributed by atoms with E-state index in [1.54, 1.807) is 17.0 Å². The fourth-order valence-electron chi connectivity index (χ4n) is 1.96. The third-order valence-electron chi connectivity index (χ3n) is 2.82. The van der Waals surface area contributed by atoms with Gasteiger partial charge in [-0.05, 0) is 25.0 Å². The van der Waals surface area contributed by atoms with Gasteiger partial charge in [-0.25, -0.2) is 4.98 Å². The van der Waals surface area contributed by atoms with Gasteiger partial charge in [0.25, 0.3) is 5.91 Å². The lowest BCUT2D eigenvalue weighted by molar-refractivity contribution is 0.0677. The Balaban J connectivity index is 2.15. The molecule has 0 bridgehead atoms. The van der Waals surface area contributed by atoms with Crippen molar-refractivity contribution in [1.29, 1.82) is 0 Å². The zero-order chi connectivity index (χ0) is 11.5.